The van der Waals surface area contributed by atoms with Crippen LogP contribution in [-0.4, -0.2) is 36.7 Å². The summed E-state index contributed by atoms with van der Waals surface area (Å²) in [6, 6.07) is 15.6. The molecule has 2 aliphatic rings. The first-order valence-corrected chi connectivity index (χ1v) is 9.51. The van der Waals surface area contributed by atoms with E-state index in [0.29, 0.717) is 13.1 Å². The topological polar surface area (TPSA) is 62.8 Å². The summed E-state index contributed by atoms with van der Waals surface area (Å²) in [4.78, 5) is 20.3. The van der Waals surface area contributed by atoms with Crippen LogP contribution in [0.15, 0.2) is 54.6 Å². The number of nitrogens with one attached hydrogen (secondary N) is 2. The summed E-state index contributed by atoms with van der Waals surface area (Å²) in [7, 11) is 1.62. The number of carbonyl (C=O) groups excluding carboxylic acids is 1. The van der Waals surface area contributed by atoms with Crippen LogP contribution in [0.25, 0.3) is 5.70 Å². The summed E-state index contributed by atoms with van der Waals surface area (Å²) in [5.41, 5.74) is 6.82. The molecule has 1 spiro atoms. The Bertz CT molecular complexity index is 867. The van der Waals surface area contributed by atoms with Crippen LogP contribution in [0.2, 0.25) is 0 Å². The van der Waals surface area contributed by atoms with Crippen molar-refractivity contribution in [2.75, 3.05) is 25.5 Å². The van der Waals surface area contributed by atoms with E-state index >= 15 is 0 Å². The van der Waals surface area contributed by atoms with Gasteiger partial charge in [0.05, 0.1) is 12.8 Å². The fourth-order valence-electron chi connectivity index (χ4n) is 3.57. The number of aryl methyl sites for hydroxylation is 1. The minimum absolute atomic E-state index is 0.0892. The second-order valence-electron chi connectivity index (χ2n) is 7.34. The van der Waals surface area contributed by atoms with E-state index in [1.54, 1.807) is 7.11 Å². The lowest BCUT2D eigenvalue weighted by Gasteiger charge is -2.36. The number of hydroxylamine groups is 1. The number of carbonyl (C=O) groups is 1. The number of hydrogen-bond acceptors (Lipinski definition) is 4. The molecule has 0 aliphatic carbocycles. The summed E-state index contributed by atoms with van der Waals surface area (Å²) in [6.07, 6.45) is 3.67. The van der Waals surface area contributed by atoms with Crippen molar-refractivity contribution >= 4 is 17.4 Å². The number of benzene rings is 2. The van der Waals surface area contributed by atoms with Crippen LogP contribution in [0.1, 0.15) is 24.0 Å². The van der Waals surface area contributed by atoms with Crippen molar-refractivity contribution in [1.29, 1.82) is 0 Å². The van der Waals surface area contributed by atoms with E-state index < -0.39 is 0 Å². The molecule has 4 rings (SSSR count). The average Bonchev–Trinajstić information content (AvgIpc) is 3.13. The minimum atomic E-state index is -0.350. The molecule has 0 saturated carbocycles. The van der Waals surface area contributed by atoms with Crippen LogP contribution in [0.3, 0.4) is 0 Å². The maximum absolute atomic E-state index is 12.6. The Hall–Kier alpha value is -2.99. The Balaban J connectivity index is 1.36. The van der Waals surface area contributed by atoms with Crippen LogP contribution >= 0.6 is 0 Å². The van der Waals surface area contributed by atoms with Gasteiger partial charge < -0.3 is 15.0 Å². The molecule has 6 nitrogen and oxygen atoms in total. The zero-order chi connectivity index (χ0) is 19.6. The molecule has 146 valence electrons. The fourth-order valence-corrected chi connectivity index (χ4v) is 3.57. The fraction of sp³-hybridized carbons (Fsp3) is 0.318. The molecular weight excluding hydrogens is 354 g/mol. The Morgan fingerprint density at radius 3 is 2.43 bits per heavy atom. The Morgan fingerprint density at radius 1 is 1.11 bits per heavy atom. The number of methoxy groups -OCH3 is 1. The maximum atomic E-state index is 12.6. The number of hydrogen-bond donors (Lipinski definition) is 2. The molecule has 28 heavy (non-hydrogen) atoms. The zero-order valence-electron chi connectivity index (χ0n) is 16.2. The smallest absolute Gasteiger partial charge is 0.321 e. The molecule has 2 N–H and O–H groups in total. The van der Waals surface area contributed by atoms with Gasteiger partial charge in [-0.15, -0.1) is 0 Å². The van der Waals surface area contributed by atoms with E-state index in [9.17, 15) is 4.79 Å². The lowest BCUT2D eigenvalue weighted by molar-refractivity contribution is -0.0634. The molecule has 2 aromatic carbocycles. The van der Waals surface area contributed by atoms with Gasteiger partial charge in [0.15, 0.2) is 0 Å². The van der Waals surface area contributed by atoms with Gasteiger partial charge in [-0.3, -0.25) is 10.3 Å². The van der Waals surface area contributed by atoms with Gasteiger partial charge in [0.2, 0.25) is 0 Å². The number of nitrogens with zero attached hydrogens (tertiary/aromatic N) is 1. The van der Waals surface area contributed by atoms with Crippen LogP contribution in [0.4, 0.5) is 10.5 Å². The normalized spacial score (nSPS) is 17.8. The van der Waals surface area contributed by atoms with Crippen molar-refractivity contribution in [2.45, 2.75) is 25.4 Å². The number of anilines is 1. The third-order valence-corrected chi connectivity index (χ3v) is 5.37. The Labute approximate surface area is 165 Å². The van der Waals surface area contributed by atoms with Crippen molar-refractivity contribution in [2.24, 2.45) is 0 Å². The first kappa shape index (κ1) is 18.4. The van der Waals surface area contributed by atoms with Crippen LogP contribution in [0.5, 0.6) is 5.75 Å². The number of amides is 2. The quantitative estimate of drug-likeness (QED) is 0.848. The monoisotopic (exact) mass is 379 g/mol. The number of rotatable bonds is 3. The highest BCUT2D eigenvalue weighted by molar-refractivity contribution is 5.89. The van der Waals surface area contributed by atoms with Crippen molar-refractivity contribution in [3.05, 3.63) is 65.7 Å². The Morgan fingerprint density at radius 2 is 1.79 bits per heavy atom. The summed E-state index contributed by atoms with van der Waals surface area (Å²) in [5, 5.41) is 2.94. The lowest BCUT2D eigenvalue weighted by atomic mass is 9.90. The molecule has 0 radical (unpaired) electrons. The minimum Gasteiger partial charge on any atom is -0.497 e. The van der Waals surface area contributed by atoms with Gasteiger partial charge in [-0.05, 0) is 42.8 Å². The summed E-state index contributed by atoms with van der Waals surface area (Å²) >= 11 is 0. The zero-order valence-corrected chi connectivity index (χ0v) is 16.2. The van der Waals surface area contributed by atoms with Gasteiger partial charge in [-0.25, -0.2) is 4.79 Å². The molecule has 2 amide bonds. The summed E-state index contributed by atoms with van der Waals surface area (Å²) in [5.74, 6) is 0.764. The number of urea groups is 1. The highest BCUT2D eigenvalue weighted by atomic mass is 16.7. The predicted molar refractivity (Wildman–Crippen MR) is 109 cm³/mol. The van der Waals surface area contributed by atoms with Gasteiger partial charge in [0.1, 0.15) is 11.4 Å². The van der Waals surface area contributed by atoms with Gasteiger partial charge >= 0.3 is 6.03 Å². The Kier molecular flexibility index (Phi) is 4.96. The molecular formula is C22H25N3O3. The second-order valence-corrected chi connectivity index (χ2v) is 7.34. The molecule has 0 bridgehead atoms. The molecule has 6 heteroatoms. The van der Waals surface area contributed by atoms with Gasteiger partial charge in [0, 0.05) is 31.6 Å². The van der Waals surface area contributed by atoms with E-state index in [1.165, 1.54) is 5.56 Å². The third-order valence-electron chi connectivity index (χ3n) is 5.37. The van der Waals surface area contributed by atoms with E-state index in [0.717, 1.165) is 35.5 Å². The molecule has 2 heterocycles. The van der Waals surface area contributed by atoms with Crippen molar-refractivity contribution < 1.29 is 14.4 Å². The molecule has 0 unspecified atom stereocenters. The van der Waals surface area contributed by atoms with Crippen molar-refractivity contribution in [3.63, 3.8) is 0 Å². The SMILES string of the molecule is COc1ccc(NC(=O)N2CCC3(C=C(c4ccc(C)cc4)NO3)CC2)cc1. The molecule has 1 saturated heterocycles. The van der Waals surface area contributed by atoms with E-state index in [2.05, 4.69) is 48.1 Å². The number of ether oxygens (including phenoxy) is 1. The van der Waals surface area contributed by atoms with Crippen LogP contribution in [-0.2, 0) is 4.84 Å². The lowest BCUT2D eigenvalue weighted by Crippen LogP contribution is -2.48. The second kappa shape index (κ2) is 7.56. The third kappa shape index (κ3) is 3.82. The number of piperidine rings is 1. The van der Waals surface area contributed by atoms with E-state index in [4.69, 9.17) is 9.57 Å². The first-order valence-electron chi connectivity index (χ1n) is 9.51. The summed E-state index contributed by atoms with van der Waals surface area (Å²) in [6.45, 7) is 3.35. The van der Waals surface area contributed by atoms with Gasteiger partial charge in [-0.2, -0.15) is 0 Å². The van der Waals surface area contributed by atoms with E-state index in [-0.39, 0.29) is 11.6 Å². The summed E-state index contributed by atoms with van der Waals surface area (Å²) < 4.78 is 5.14. The predicted octanol–water partition coefficient (Wildman–Crippen LogP) is 3.95. The number of likely N-dealkylation sites (tertiary alicyclic amines) is 1. The van der Waals surface area contributed by atoms with Crippen molar-refractivity contribution in [3.8, 4) is 5.75 Å². The largest absolute Gasteiger partial charge is 0.497 e. The first-order chi connectivity index (χ1) is 13.6. The molecule has 2 aliphatic heterocycles. The average molecular weight is 379 g/mol. The van der Waals surface area contributed by atoms with E-state index in [1.807, 2.05) is 29.2 Å². The maximum Gasteiger partial charge on any atom is 0.321 e. The molecule has 0 aromatic heterocycles. The van der Waals surface area contributed by atoms with Gasteiger partial charge in [0.25, 0.3) is 0 Å². The molecule has 2 aromatic rings. The van der Waals surface area contributed by atoms with Gasteiger partial charge in [-0.1, -0.05) is 29.8 Å². The highest BCUT2D eigenvalue weighted by Gasteiger charge is 2.39. The van der Waals surface area contributed by atoms with Crippen molar-refractivity contribution in [1.82, 2.24) is 10.4 Å². The van der Waals surface area contributed by atoms with Crippen LogP contribution in [0, 0.1) is 6.92 Å². The molecule has 1 fully saturated rings. The molecule has 0 atom stereocenters. The van der Waals surface area contributed by atoms with Crippen LogP contribution < -0.4 is 15.5 Å². The highest BCUT2D eigenvalue weighted by Crippen LogP contribution is 2.34. The standard InChI is InChI=1S/C22H25N3O3/c1-16-3-5-17(6-4-16)20-15-22(28-24-20)11-13-25(14-12-22)21(26)23-18-7-9-19(27-2)10-8-18/h3-10,15,24H,11-14H2,1-2H3,(H,23,26).